The molecule has 4 bridgehead atoms. The third kappa shape index (κ3) is 7.51. The maximum atomic E-state index is 14.5. The highest BCUT2D eigenvalue weighted by molar-refractivity contribution is 7.90. The van der Waals surface area contributed by atoms with Crippen molar-refractivity contribution in [3.63, 3.8) is 0 Å². The van der Waals surface area contributed by atoms with Gasteiger partial charge in [-0.1, -0.05) is 51.1 Å². The summed E-state index contributed by atoms with van der Waals surface area (Å²) in [5, 5.41) is 1.17. The van der Waals surface area contributed by atoms with Gasteiger partial charge in [0.05, 0.1) is 23.3 Å². The first-order chi connectivity index (χ1) is 23.2. The Morgan fingerprint density at radius 3 is 2.63 bits per heavy atom. The molecule has 10 nitrogen and oxygen atoms in total. The van der Waals surface area contributed by atoms with Gasteiger partial charge < -0.3 is 9.64 Å². The lowest BCUT2D eigenvalue weighted by Gasteiger charge is -2.35. The minimum Gasteiger partial charge on any atom is -0.472 e. The van der Waals surface area contributed by atoms with E-state index in [2.05, 4.69) is 28.4 Å². The average Bonchev–Trinajstić information content (AvgIpc) is 3.97. The average molecular weight is 690 g/mol. The van der Waals surface area contributed by atoms with Gasteiger partial charge in [0.15, 0.2) is 5.78 Å². The summed E-state index contributed by atoms with van der Waals surface area (Å²) in [6.07, 6.45) is 10.9. The van der Waals surface area contributed by atoms with Crippen LogP contribution in [-0.4, -0.2) is 65.6 Å². The lowest BCUT2D eigenvalue weighted by atomic mass is 9.76. The molecule has 2 amide bonds. The molecule has 2 aliphatic heterocycles. The summed E-state index contributed by atoms with van der Waals surface area (Å²) in [5.74, 6) is -1.96. The number of sulfonamides is 1. The number of hydrogen-bond acceptors (Lipinski definition) is 8. The van der Waals surface area contributed by atoms with Crippen molar-refractivity contribution >= 4 is 50.3 Å². The van der Waals surface area contributed by atoms with Gasteiger partial charge in [0.2, 0.25) is 27.7 Å². The van der Waals surface area contributed by atoms with Gasteiger partial charge in [0.1, 0.15) is 11.9 Å². The number of aromatic nitrogens is 1. The second kappa shape index (κ2) is 13.5. The van der Waals surface area contributed by atoms with E-state index in [1.54, 1.807) is 12.3 Å². The van der Waals surface area contributed by atoms with Crippen LogP contribution in [0, 0.1) is 22.7 Å². The zero-order chi connectivity index (χ0) is 35.1. The zero-order valence-corrected chi connectivity index (χ0v) is 29.5. The number of benzene rings is 1. The number of hydrogen-bond donors (Lipinski definition) is 1. The number of carbonyl (C=O) groups is 4. The Morgan fingerprint density at radius 1 is 1.16 bits per heavy atom. The molecule has 3 heterocycles. The summed E-state index contributed by atoms with van der Waals surface area (Å²) in [7, 11) is -3.82. The third-order valence-electron chi connectivity index (χ3n) is 10.7. The fourth-order valence-electron chi connectivity index (χ4n) is 7.35. The Morgan fingerprint density at radius 2 is 1.94 bits per heavy atom. The predicted octanol–water partition coefficient (Wildman–Crippen LogP) is 5.55. The van der Waals surface area contributed by atoms with Gasteiger partial charge in [0, 0.05) is 43.2 Å². The van der Waals surface area contributed by atoms with Gasteiger partial charge in [0.25, 0.3) is 0 Å². The number of allylic oxidation sites excluding steroid dienone is 2. The highest BCUT2D eigenvalue weighted by atomic mass is 32.2. The molecule has 0 spiro atoms. The van der Waals surface area contributed by atoms with E-state index >= 15 is 0 Å². The molecule has 5 atom stereocenters. The summed E-state index contributed by atoms with van der Waals surface area (Å²) in [4.78, 5) is 61.6. The van der Waals surface area contributed by atoms with Crippen LogP contribution < -0.4 is 9.46 Å². The molecule has 11 heteroatoms. The standard InChI is InChI=1S/C38H47N3O7S/c1-5-26-21-38(26,36(45)40-49(46,47)29-14-15-29)22-33(43)32-20-28-23-41(32)35(44)31(37(2,3)4)19-27(42)11-9-7-6-8-10-24-12-13-25-16-17-39-34(48-28)30(25)18-24/h5,8,10,12-13,16-18,26,28-29,31-32H,1,6-7,9,11,14-15,19-23H2,2-4H3,(H,40,45)/b10-8+/t26-,28+,31+,32-,38+/m0/s1. The van der Waals surface area contributed by atoms with Crippen LogP contribution in [0.4, 0.5) is 0 Å². The lowest BCUT2D eigenvalue weighted by Crippen LogP contribution is -2.48. The Bertz CT molecular complexity index is 1810. The number of rotatable bonds is 7. The van der Waals surface area contributed by atoms with Crippen LogP contribution in [0.1, 0.15) is 90.5 Å². The van der Waals surface area contributed by atoms with Gasteiger partial charge in [-0.2, -0.15) is 0 Å². The molecule has 2 aliphatic carbocycles. The number of fused-ring (bicyclic) bond motifs is 3. The smallest absolute Gasteiger partial charge is 0.240 e. The molecule has 49 heavy (non-hydrogen) atoms. The molecule has 4 aliphatic rings. The minimum atomic E-state index is -3.82. The molecule has 3 fully saturated rings. The van der Waals surface area contributed by atoms with Crippen LogP contribution in [0.2, 0.25) is 0 Å². The normalized spacial score (nSPS) is 28.8. The van der Waals surface area contributed by atoms with E-state index in [1.165, 1.54) is 4.90 Å². The van der Waals surface area contributed by atoms with Crippen LogP contribution in [0.15, 0.2) is 49.2 Å². The first kappa shape index (κ1) is 35.0. The fourth-order valence-corrected chi connectivity index (χ4v) is 8.74. The number of amides is 2. The molecule has 1 N–H and O–H groups in total. The van der Waals surface area contributed by atoms with E-state index in [4.69, 9.17) is 4.74 Å². The Balaban J connectivity index is 1.33. The first-order valence-electron chi connectivity index (χ1n) is 17.5. The van der Waals surface area contributed by atoms with E-state index in [9.17, 15) is 27.6 Å². The minimum absolute atomic E-state index is 0.0103. The quantitative estimate of drug-likeness (QED) is 0.374. The Kier molecular flexibility index (Phi) is 9.61. The van der Waals surface area contributed by atoms with Crippen molar-refractivity contribution in [2.75, 3.05) is 6.54 Å². The number of ketones is 2. The summed E-state index contributed by atoms with van der Waals surface area (Å²) in [6.45, 7) is 9.71. The van der Waals surface area contributed by atoms with Crippen molar-refractivity contribution in [1.29, 1.82) is 0 Å². The highest BCUT2D eigenvalue weighted by Crippen LogP contribution is 2.57. The molecule has 0 unspecified atom stereocenters. The Labute approximate surface area is 288 Å². The van der Waals surface area contributed by atoms with Crippen LogP contribution in [0.5, 0.6) is 5.88 Å². The van der Waals surface area contributed by atoms with Crippen LogP contribution in [0.3, 0.4) is 0 Å². The van der Waals surface area contributed by atoms with Gasteiger partial charge in [-0.25, -0.2) is 13.4 Å². The number of carbonyl (C=O) groups excluding carboxylic acids is 4. The largest absolute Gasteiger partial charge is 0.472 e. The SMILES string of the molecule is C=C[C@H]1C[C@]1(CC(=O)[C@@H]1C[C@@H]2CN1C(=O)[C@H](C(C)(C)C)CC(=O)CCCC/C=C/c1ccc3ccnc(c3c1)O2)C(=O)NS(=O)(=O)C1CC1. The van der Waals surface area contributed by atoms with E-state index in [0.29, 0.717) is 38.0 Å². The molecular formula is C38H47N3O7S. The summed E-state index contributed by atoms with van der Waals surface area (Å²) >= 11 is 0. The lowest BCUT2D eigenvalue weighted by molar-refractivity contribution is -0.146. The molecule has 0 radical (unpaired) electrons. The van der Waals surface area contributed by atoms with Crippen molar-refractivity contribution in [3.8, 4) is 5.88 Å². The van der Waals surface area contributed by atoms with Crippen molar-refractivity contribution < 1.29 is 32.3 Å². The van der Waals surface area contributed by atoms with E-state index in [-0.39, 0.29) is 49.2 Å². The first-order valence-corrected chi connectivity index (χ1v) is 19.0. The topological polar surface area (TPSA) is 140 Å². The van der Waals surface area contributed by atoms with Crippen molar-refractivity contribution in [1.82, 2.24) is 14.6 Å². The van der Waals surface area contributed by atoms with Crippen LogP contribution in [0.25, 0.3) is 16.8 Å². The third-order valence-corrected chi connectivity index (χ3v) is 12.5. The molecule has 1 aromatic heterocycles. The molecule has 1 aromatic carbocycles. The summed E-state index contributed by atoms with van der Waals surface area (Å²) in [5.41, 5.74) is -0.833. The second-order valence-electron chi connectivity index (χ2n) is 15.4. The predicted molar refractivity (Wildman–Crippen MR) is 187 cm³/mol. The van der Waals surface area contributed by atoms with Gasteiger partial charge >= 0.3 is 0 Å². The van der Waals surface area contributed by atoms with Crippen LogP contribution in [-0.2, 0) is 29.2 Å². The maximum absolute atomic E-state index is 14.5. The summed E-state index contributed by atoms with van der Waals surface area (Å²) in [6, 6.07) is 7.02. The van der Waals surface area contributed by atoms with E-state index in [1.807, 2.05) is 45.0 Å². The van der Waals surface area contributed by atoms with Gasteiger partial charge in [-0.15, -0.1) is 6.58 Å². The molecule has 6 rings (SSSR count). The number of nitrogens with one attached hydrogen (secondary N) is 1. The van der Waals surface area contributed by atoms with Gasteiger partial charge in [-0.3, -0.25) is 23.9 Å². The van der Waals surface area contributed by atoms with Crippen molar-refractivity contribution in [2.45, 2.75) is 102 Å². The van der Waals surface area contributed by atoms with Crippen molar-refractivity contribution in [2.24, 2.45) is 22.7 Å². The molecular weight excluding hydrogens is 642 g/mol. The highest BCUT2D eigenvalue weighted by Gasteiger charge is 2.61. The molecule has 2 aromatic rings. The van der Waals surface area contributed by atoms with Crippen molar-refractivity contribution in [3.05, 3.63) is 54.8 Å². The summed E-state index contributed by atoms with van der Waals surface area (Å²) < 4.78 is 34.1. The monoisotopic (exact) mass is 689 g/mol. The number of pyridine rings is 1. The number of ether oxygens (including phenoxy) is 1. The maximum Gasteiger partial charge on any atom is 0.240 e. The molecule has 1 saturated heterocycles. The zero-order valence-electron chi connectivity index (χ0n) is 28.7. The van der Waals surface area contributed by atoms with Gasteiger partial charge in [-0.05, 0) is 72.9 Å². The van der Waals surface area contributed by atoms with E-state index in [0.717, 1.165) is 29.2 Å². The Hall–Kier alpha value is -3.86. The van der Waals surface area contributed by atoms with E-state index < -0.39 is 50.1 Å². The number of Topliss-reactive ketones (excluding diaryl/α,β-unsaturated/α-hetero) is 2. The number of nitrogens with zero attached hydrogens (tertiary/aromatic N) is 2. The fraction of sp³-hybridized carbons (Fsp3) is 0.553. The second-order valence-corrected chi connectivity index (χ2v) is 17.4. The molecule has 262 valence electrons. The molecule has 2 saturated carbocycles. The van der Waals surface area contributed by atoms with Crippen LogP contribution >= 0.6 is 0 Å².